The summed E-state index contributed by atoms with van der Waals surface area (Å²) in [5.74, 6) is 0.715. The van der Waals surface area contributed by atoms with Crippen LogP contribution in [0.5, 0.6) is 0 Å². The van der Waals surface area contributed by atoms with Gasteiger partial charge in [-0.25, -0.2) is 4.58 Å². The van der Waals surface area contributed by atoms with Crippen LogP contribution in [-0.2, 0) is 0 Å². The molecule has 1 unspecified atom stereocenters. The van der Waals surface area contributed by atoms with E-state index < -0.39 is 0 Å². The maximum Gasteiger partial charge on any atom is 0.174 e. The molecule has 11 heavy (non-hydrogen) atoms. The Morgan fingerprint density at radius 2 is 1.82 bits per heavy atom. The molecule has 0 aromatic heterocycles. The fourth-order valence-electron chi connectivity index (χ4n) is 1.54. The van der Waals surface area contributed by atoms with Crippen molar-refractivity contribution >= 4 is 6.21 Å². The number of rotatable bonds is 2. The summed E-state index contributed by atoms with van der Waals surface area (Å²) in [4.78, 5) is 0. The lowest BCUT2D eigenvalue weighted by Gasteiger charge is -2.15. The fourth-order valence-corrected chi connectivity index (χ4v) is 1.54. The normalized spacial score (nSPS) is 23.5. The van der Waals surface area contributed by atoms with Gasteiger partial charge in [0.25, 0.3) is 0 Å². The molecule has 0 amide bonds. The predicted octanol–water partition coefficient (Wildman–Crippen LogP) is 2.07. The monoisotopic (exact) mass is 152 g/mol. The third-order valence-electron chi connectivity index (χ3n) is 2.19. The molecule has 1 nitrogen and oxygen atoms in total. The van der Waals surface area contributed by atoms with E-state index in [0.29, 0.717) is 18.0 Å². The molecule has 62 valence electrons. The molecule has 0 radical (unpaired) electrons. The summed E-state index contributed by atoms with van der Waals surface area (Å²) in [6, 6.07) is 1.24. The van der Waals surface area contributed by atoms with E-state index in [4.69, 9.17) is 0 Å². The third-order valence-corrected chi connectivity index (χ3v) is 2.19. The lowest BCUT2D eigenvalue weighted by atomic mass is 10.0. The van der Waals surface area contributed by atoms with Gasteiger partial charge in [0.2, 0.25) is 0 Å². The molecule has 1 heterocycles. The van der Waals surface area contributed by atoms with Crippen LogP contribution in [0.2, 0.25) is 0 Å². The first-order valence-corrected chi connectivity index (χ1v) is 4.42. The van der Waals surface area contributed by atoms with Crippen LogP contribution in [0, 0.1) is 5.92 Å². The van der Waals surface area contributed by atoms with Crippen molar-refractivity contribution in [2.75, 3.05) is 0 Å². The lowest BCUT2D eigenvalue weighted by Crippen LogP contribution is -2.32. The van der Waals surface area contributed by atoms with Gasteiger partial charge in [-0.2, -0.15) is 0 Å². The zero-order chi connectivity index (χ0) is 8.43. The molecule has 1 aliphatic heterocycles. The second-order valence-corrected chi connectivity index (χ2v) is 3.81. The van der Waals surface area contributed by atoms with E-state index in [1.54, 1.807) is 0 Å². The Hall–Kier alpha value is -0.590. The molecule has 0 saturated heterocycles. The number of nitrogens with zero attached hydrogens (tertiary/aromatic N) is 1. The van der Waals surface area contributed by atoms with E-state index in [0.717, 1.165) is 0 Å². The first kappa shape index (κ1) is 8.51. The number of allylic oxidation sites excluding steroid dienone is 1. The van der Waals surface area contributed by atoms with Crippen LogP contribution in [0.3, 0.4) is 0 Å². The van der Waals surface area contributed by atoms with Gasteiger partial charge < -0.3 is 0 Å². The molecular weight excluding hydrogens is 134 g/mol. The average molecular weight is 152 g/mol. The molecule has 0 aliphatic carbocycles. The van der Waals surface area contributed by atoms with Crippen molar-refractivity contribution in [3.05, 3.63) is 12.2 Å². The van der Waals surface area contributed by atoms with Crippen LogP contribution in [-0.4, -0.2) is 22.9 Å². The molecule has 0 saturated carbocycles. The maximum absolute atomic E-state index is 2.41. The van der Waals surface area contributed by atoms with Crippen LogP contribution in [0.25, 0.3) is 0 Å². The van der Waals surface area contributed by atoms with E-state index >= 15 is 0 Å². The molecule has 1 atom stereocenters. The zero-order valence-electron chi connectivity index (χ0n) is 7.91. The van der Waals surface area contributed by atoms with Gasteiger partial charge in [-0.3, -0.25) is 0 Å². The topological polar surface area (TPSA) is 3.01 Å². The minimum atomic E-state index is 0.620. The van der Waals surface area contributed by atoms with Crippen molar-refractivity contribution < 1.29 is 4.58 Å². The Bertz CT molecular complexity index is 187. The van der Waals surface area contributed by atoms with Gasteiger partial charge in [-0.15, -0.1) is 0 Å². The van der Waals surface area contributed by atoms with Gasteiger partial charge in [0.1, 0.15) is 6.04 Å². The highest BCUT2D eigenvalue weighted by Crippen LogP contribution is 2.13. The van der Waals surface area contributed by atoms with E-state index in [2.05, 4.69) is 50.6 Å². The molecule has 1 heteroatoms. The lowest BCUT2D eigenvalue weighted by molar-refractivity contribution is -0.582. The number of hydrogen-bond donors (Lipinski definition) is 0. The van der Waals surface area contributed by atoms with Crippen molar-refractivity contribution in [1.82, 2.24) is 0 Å². The van der Waals surface area contributed by atoms with Gasteiger partial charge >= 0.3 is 0 Å². The first-order chi connectivity index (χ1) is 5.13. The maximum atomic E-state index is 2.41. The smallest absolute Gasteiger partial charge is 0.174 e. The Morgan fingerprint density at radius 3 is 2.18 bits per heavy atom. The summed E-state index contributed by atoms with van der Waals surface area (Å²) in [5, 5.41) is 0. The van der Waals surface area contributed by atoms with Gasteiger partial charge in [-0.05, 0) is 19.9 Å². The number of hydrogen-bond acceptors (Lipinski definition) is 0. The summed E-state index contributed by atoms with van der Waals surface area (Å²) in [5.41, 5.74) is 0. The quantitative estimate of drug-likeness (QED) is 0.533. The second-order valence-electron chi connectivity index (χ2n) is 3.81. The molecule has 0 bridgehead atoms. The van der Waals surface area contributed by atoms with Crippen LogP contribution in [0.15, 0.2) is 12.2 Å². The van der Waals surface area contributed by atoms with Gasteiger partial charge in [-0.1, -0.05) is 13.8 Å². The Kier molecular flexibility index (Phi) is 2.48. The Balaban J connectivity index is 2.69. The van der Waals surface area contributed by atoms with Crippen molar-refractivity contribution in [3.8, 4) is 0 Å². The summed E-state index contributed by atoms with van der Waals surface area (Å²) in [6.45, 7) is 9.00. The Labute approximate surface area is 69.4 Å². The zero-order valence-corrected chi connectivity index (χ0v) is 7.91. The highest BCUT2D eigenvalue weighted by molar-refractivity contribution is 5.68. The highest BCUT2D eigenvalue weighted by atomic mass is 15.1. The minimum Gasteiger partial charge on any atom is -0.227 e. The van der Waals surface area contributed by atoms with Crippen molar-refractivity contribution in [2.24, 2.45) is 5.92 Å². The van der Waals surface area contributed by atoms with Crippen molar-refractivity contribution in [1.29, 1.82) is 0 Å². The molecule has 1 aliphatic rings. The van der Waals surface area contributed by atoms with Crippen LogP contribution < -0.4 is 0 Å². The molecule has 0 N–H and O–H groups in total. The summed E-state index contributed by atoms with van der Waals surface area (Å²) in [7, 11) is 0. The second kappa shape index (κ2) is 3.21. The molecule has 0 fully saturated rings. The van der Waals surface area contributed by atoms with Gasteiger partial charge in [0.15, 0.2) is 12.3 Å². The molecule has 1 rings (SSSR count). The molecule has 0 aromatic rings. The average Bonchev–Trinajstić information content (AvgIpc) is 2.32. The summed E-state index contributed by atoms with van der Waals surface area (Å²) in [6.07, 6.45) is 6.63. The van der Waals surface area contributed by atoms with E-state index in [-0.39, 0.29) is 0 Å². The molecule has 0 aromatic carbocycles. The summed E-state index contributed by atoms with van der Waals surface area (Å²) >= 11 is 0. The Morgan fingerprint density at radius 1 is 1.18 bits per heavy atom. The van der Waals surface area contributed by atoms with Crippen LogP contribution in [0.1, 0.15) is 27.7 Å². The molecule has 0 spiro atoms. The molecular formula is C10H18N+. The fraction of sp³-hybridized carbons (Fsp3) is 0.700. The van der Waals surface area contributed by atoms with Crippen LogP contribution in [0.4, 0.5) is 0 Å². The van der Waals surface area contributed by atoms with Gasteiger partial charge in [0, 0.05) is 12.0 Å². The first-order valence-electron chi connectivity index (χ1n) is 4.42. The predicted molar refractivity (Wildman–Crippen MR) is 49.2 cm³/mol. The standard InChI is InChI=1S/C10H18N/c1-8(2)10-6-5-7-11(10)9(3)4/h5-10H,1-4H3/q+1. The van der Waals surface area contributed by atoms with E-state index in [1.165, 1.54) is 0 Å². The minimum absolute atomic E-state index is 0.620. The van der Waals surface area contributed by atoms with Gasteiger partial charge in [0.05, 0.1) is 0 Å². The SMILES string of the molecule is CC(C)C1C=CC=[N+]1C(C)C. The largest absolute Gasteiger partial charge is 0.227 e. The summed E-state index contributed by atoms with van der Waals surface area (Å²) < 4.78 is 2.41. The van der Waals surface area contributed by atoms with E-state index in [1.807, 2.05) is 0 Å². The van der Waals surface area contributed by atoms with Crippen molar-refractivity contribution in [3.63, 3.8) is 0 Å². The highest BCUT2D eigenvalue weighted by Gasteiger charge is 2.26. The third kappa shape index (κ3) is 1.70. The van der Waals surface area contributed by atoms with Crippen molar-refractivity contribution in [2.45, 2.75) is 39.8 Å². The van der Waals surface area contributed by atoms with Crippen LogP contribution >= 0.6 is 0 Å². The van der Waals surface area contributed by atoms with E-state index in [9.17, 15) is 0 Å².